The highest BCUT2D eigenvalue weighted by Gasteiger charge is 2.49. The molecular formula is C14H24N2O3. The molecule has 1 aliphatic heterocycles. The third kappa shape index (κ3) is 2.85. The van der Waals surface area contributed by atoms with Crippen LogP contribution in [0.3, 0.4) is 0 Å². The first-order chi connectivity index (χ1) is 8.85. The monoisotopic (exact) mass is 268 g/mol. The van der Waals surface area contributed by atoms with Gasteiger partial charge in [0.1, 0.15) is 11.1 Å². The van der Waals surface area contributed by atoms with Crippen molar-refractivity contribution in [2.75, 3.05) is 13.1 Å². The van der Waals surface area contributed by atoms with Gasteiger partial charge in [-0.15, -0.1) is 0 Å². The summed E-state index contributed by atoms with van der Waals surface area (Å²) >= 11 is 0. The molecule has 2 rings (SSSR count). The molecule has 1 spiro atoms. The van der Waals surface area contributed by atoms with Crippen LogP contribution >= 0.6 is 0 Å². The highest BCUT2D eigenvalue weighted by Crippen LogP contribution is 2.36. The van der Waals surface area contributed by atoms with Gasteiger partial charge < -0.3 is 10.1 Å². The predicted octanol–water partition coefficient (Wildman–Crippen LogP) is 2.06. The van der Waals surface area contributed by atoms with Crippen LogP contribution in [0.5, 0.6) is 0 Å². The lowest BCUT2D eigenvalue weighted by Gasteiger charge is -2.47. The summed E-state index contributed by atoms with van der Waals surface area (Å²) in [4.78, 5) is 26.3. The normalized spacial score (nSPS) is 23.1. The molecule has 19 heavy (non-hydrogen) atoms. The fraction of sp³-hybridized carbons (Fsp3) is 0.857. The number of carbonyl (C=O) groups excluding carboxylic acids is 2. The lowest BCUT2D eigenvalue weighted by Crippen LogP contribution is -2.67. The second kappa shape index (κ2) is 5.02. The molecule has 0 aromatic heterocycles. The van der Waals surface area contributed by atoms with Crippen LogP contribution in [0.25, 0.3) is 0 Å². The summed E-state index contributed by atoms with van der Waals surface area (Å²) in [6.45, 7) is 6.61. The van der Waals surface area contributed by atoms with Gasteiger partial charge in [0.05, 0.1) is 0 Å². The Hall–Kier alpha value is -1.26. The number of carbonyl (C=O) groups is 2. The smallest absolute Gasteiger partial charge is 0.411 e. The van der Waals surface area contributed by atoms with Crippen LogP contribution in [-0.2, 0) is 9.53 Å². The van der Waals surface area contributed by atoms with E-state index in [0.29, 0.717) is 13.1 Å². The maximum absolute atomic E-state index is 12.4. The summed E-state index contributed by atoms with van der Waals surface area (Å²) in [7, 11) is 0. The number of rotatable bonds is 0. The molecule has 2 amide bonds. The van der Waals surface area contributed by atoms with Crippen molar-refractivity contribution >= 4 is 12.0 Å². The Balaban J connectivity index is 2.20. The highest BCUT2D eigenvalue weighted by molar-refractivity contribution is 5.91. The Morgan fingerprint density at radius 3 is 2.47 bits per heavy atom. The van der Waals surface area contributed by atoms with Crippen LogP contribution in [-0.4, -0.2) is 41.1 Å². The first-order valence-corrected chi connectivity index (χ1v) is 7.14. The molecule has 5 nitrogen and oxygen atoms in total. The molecular weight excluding hydrogens is 244 g/mol. The zero-order valence-corrected chi connectivity index (χ0v) is 12.1. The Kier molecular flexibility index (Phi) is 3.74. The van der Waals surface area contributed by atoms with Crippen LogP contribution in [0.1, 0.15) is 52.9 Å². The number of nitrogens with one attached hydrogen (secondary N) is 1. The molecule has 1 N–H and O–H groups in total. The van der Waals surface area contributed by atoms with Crippen LogP contribution in [0.2, 0.25) is 0 Å². The minimum Gasteiger partial charge on any atom is -0.444 e. The SMILES string of the molecule is CC(C)(C)OC(=O)N1CCNC(=O)C12CCCCC2. The quantitative estimate of drug-likeness (QED) is 0.731. The van der Waals surface area contributed by atoms with Gasteiger partial charge in [-0.05, 0) is 33.6 Å². The van der Waals surface area contributed by atoms with Crippen molar-refractivity contribution in [1.29, 1.82) is 0 Å². The number of ether oxygens (including phenoxy) is 1. The van der Waals surface area contributed by atoms with Gasteiger partial charge in [0.2, 0.25) is 5.91 Å². The number of piperazine rings is 1. The minimum absolute atomic E-state index is 0.00990. The Bertz CT molecular complexity index is 367. The maximum Gasteiger partial charge on any atom is 0.411 e. The van der Waals surface area contributed by atoms with E-state index < -0.39 is 11.1 Å². The molecule has 1 saturated heterocycles. The zero-order valence-electron chi connectivity index (χ0n) is 12.1. The van der Waals surface area contributed by atoms with Gasteiger partial charge in [0.15, 0.2) is 0 Å². The highest BCUT2D eigenvalue weighted by atomic mass is 16.6. The van der Waals surface area contributed by atoms with E-state index in [1.807, 2.05) is 20.8 Å². The van der Waals surface area contributed by atoms with E-state index in [1.54, 1.807) is 4.90 Å². The van der Waals surface area contributed by atoms with E-state index >= 15 is 0 Å². The summed E-state index contributed by atoms with van der Waals surface area (Å²) in [6.07, 6.45) is 4.26. The summed E-state index contributed by atoms with van der Waals surface area (Å²) in [5.74, 6) is -0.00990. The predicted molar refractivity (Wildman–Crippen MR) is 71.8 cm³/mol. The van der Waals surface area contributed by atoms with Crippen molar-refractivity contribution in [3.8, 4) is 0 Å². The molecule has 1 aliphatic carbocycles. The standard InChI is InChI=1S/C14H24N2O3/c1-13(2,3)19-12(18)16-10-9-15-11(17)14(16)7-5-4-6-8-14/h4-10H2,1-3H3,(H,15,17). The average molecular weight is 268 g/mol. The summed E-state index contributed by atoms with van der Waals surface area (Å²) < 4.78 is 5.46. The Morgan fingerprint density at radius 1 is 1.26 bits per heavy atom. The van der Waals surface area contributed by atoms with Gasteiger partial charge in [-0.3, -0.25) is 9.69 Å². The van der Waals surface area contributed by atoms with Crippen LogP contribution in [0, 0.1) is 0 Å². The number of nitrogens with zero attached hydrogens (tertiary/aromatic N) is 1. The fourth-order valence-electron chi connectivity index (χ4n) is 3.00. The fourth-order valence-corrected chi connectivity index (χ4v) is 3.00. The van der Waals surface area contributed by atoms with Crippen LogP contribution < -0.4 is 5.32 Å². The van der Waals surface area contributed by atoms with Crippen molar-refractivity contribution < 1.29 is 14.3 Å². The van der Waals surface area contributed by atoms with Crippen molar-refractivity contribution in [2.24, 2.45) is 0 Å². The van der Waals surface area contributed by atoms with Gasteiger partial charge >= 0.3 is 6.09 Å². The molecule has 108 valence electrons. The number of amides is 2. The lowest BCUT2D eigenvalue weighted by atomic mass is 9.78. The van der Waals surface area contributed by atoms with E-state index in [1.165, 1.54) is 0 Å². The van der Waals surface area contributed by atoms with E-state index in [4.69, 9.17) is 4.74 Å². The molecule has 2 aliphatic rings. The Morgan fingerprint density at radius 2 is 1.89 bits per heavy atom. The first kappa shape index (κ1) is 14.2. The van der Waals surface area contributed by atoms with E-state index in [0.717, 1.165) is 32.1 Å². The summed E-state index contributed by atoms with van der Waals surface area (Å²) in [6, 6.07) is 0. The second-order valence-electron chi connectivity index (χ2n) is 6.48. The largest absolute Gasteiger partial charge is 0.444 e. The summed E-state index contributed by atoms with van der Waals surface area (Å²) in [5.41, 5.74) is -1.19. The van der Waals surface area contributed by atoms with Gasteiger partial charge in [0, 0.05) is 13.1 Å². The van der Waals surface area contributed by atoms with E-state index in [9.17, 15) is 9.59 Å². The van der Waals surface area contributed by atoms with Crippen molar-refractivity contribution in [2.45, 2.75) is 64.0 Å². The third-order valence-corrected chi connectivity index (χ3v) is 3.85. The molecule has 0 atom stereocenters. The second-order valence-corrected chi connectivity index (χ2v) is 6.48. The molecule has 0 unspecified atom stereocenters. The molecule has 0 radical (unpaired) electrons. The molecule has 1 heterocycles. The van der Waals surface area contributed by atoms with Crippen molar-refractivity contribution in [3.63, 3.8) is 0 Å². The van der Waals surface area contributed by atoms with Gasteiger partial charge in [-0.1, -0.05) is 19.3 Å². The van der Waals surface area contributed by atoms with Crippen molar-refractivity contribution in [3.05, 3.63) is 0 Å². The van der Waals surface area contributed by atoms with Gasteiger partial charge in [0.25, 0.3) is 0 Å². The molecule has 0 aromatic carbocycles. The number of hydrogen-bond donors (Lipinski definition) is 1. The van der Waals surface area contributed by atoms with Gasteiger partial charge in [-0.25, -0.2) is 4.79 Å². The lowest BCUT2D eigenvalue weighted by molar-refractivity contribution is -0.139. The van der Waals surface area contributed by atoms with Gasteiger partial charge in [-0.2, -0.15) is 0 Å². The van der Waals surface area contributed by atoms with Crippen LogP contribution in [0.15, 0.2) is 0 Å². The third-order valence-electron chi connectivity index (χ3n) is 3.85. The Labute approximate surface area is 114 Å². The maximum atomic E-state index is 12.4. The topological polar surface area (TPSA) is 58.6 Å². The molecule has 5 heteroatoms. The summed E-state index contributed by atoms with van der Waals surface area (Å²) in [5, 5.41) is 2.90. The first-order valence-electron chi connectivity index (χ1n) is 7.14. The van der Waals surface area contributed by atoms with E-state index in [-0.39, 0.29) is 12.0 Å². The molecule has 0 bridgehead atoms. The average Bonchev–Trinajstić information content (AvgIpc) is 2.32. The van der Waals surface area contributed by atoms with E-state index in [2.05, 4.69) is 5.32 Å². The molecule has 0 aromatic rings. The molecule has 2 fully saturated rings. The van der Waals surface area contributed by atoms with Crippen LogP contribution in [0.4, 0.5) is 4.79 Å². The number of hydrogen-bond acceptors (Lipinski definition) is 3. The minimum atomic E-state index is -0.668. The van der Waals surface area contributed by atoms with Crippen molar-refractivity contribution in [1.82, 2.24) is 10.2 Å². The molecule has 1 saturated carbocycles. The zero-order chi connectivity index (χ0) is 14.1.